The molecule has 0 aliphatic carbocycles. The number of nitrogens with zero attached hydrogens (tertiary/aromatic N) is 1. The molecule has 0 spiro atoms. The van der Waals surface area contributed by atoms with Crippen molar-refractivity contribution < 1.29 is 28.6 Å². The van der Waals surface area contributed by atoms with Crippen LogP contribution < -0.4 is 0 Å². The summed E-state index contributed by atoms with van der Waals surface area (Å²) in [6.45, 7) is 5.76. The molecule has 0 atom stereocenters. The van der Waals surface area contributed by atoms with Crippen LogP contribution in [0, 0.1) is 0 Å². The van der Waals surface area contributed by atoms with E-state index in [-0.39, 0.29) is 37.5 Å². The molecule has 7 nitrogen and oxygen atoms in total. The number of carbonyl (C=O) groups is 3. The van der Waals surface area contributed by atoms with Crippen molar-refractivity contribution in [2.75, 3.05) is 40.0 Å². The van der Waals surface area contributed by atoms with E-state index in [4.69, 9.17) is 9.47 Å². The summed E-state index contributed by atoms with van der Waals surface area (Å²) in [5.74, 6) is -0.759. The van der Waals surface area contributed by atoms with Crippen LogP contribution in [-0.4, -0.2) is 62.8 Å². The Hall–Kier alpha value is -1.63. The van der Waals surface area contributed by atoms with Gasteiger partial charge in [0.15, 0.2) is 0 Å². The molecule has 0 aliphatic rings. The predicted octanol–water partition coefficient (Wildman–Crippen LogP) is 1.54. The third-order valence-corrected chi connectivity index (χ3v) is 3.11. The number of rotatable bonds is 13. The topological polar surface area (TPSA) is 82.1 Å². The molecular formula is C16H29NO6. The standard InChI is InChI=1S/C16H29NO6/c1-4-6-15(19)22-12-10-17(9-8-14(18)21-3)11-13-23-16(20)7-5-2/h4-13H2,1-3H3. The Morgan fingerprint density at radius 2 is 1.22 bits per heavy atom. The van der Waals surface area contributed by atoms with Gasteiger partial charge in [-0.3, -0.25) is 19.3 Å². The lowest BCUT2D eigenvalue weighted by molar-refractivity contribution is -0.146. The molecule has 0 aromatic carbocycles. The van der Waals surface area contributed by atoms with Crippen LogP contribution in [0.5, 0.6) is 0 Å². The van der Waals surface area contributed by atoms with Crippen LogP contribution >= 0.6 is 0 Å². The largest absolute Gasteiger partial charge is 0.469 e. The summed E-state index contributed by atoms with van der Waals surface area (Å²) in [5.41, 5.74) is 0. The summed E-state index contributed by atoms with van der Waals surface area (Å²) < 4.78 is 14.8. The summed E-state index contributed by atoms with van der Waals surface area (Å²) >= 11 is 0. The highest BCUT2D eigenvalue weighted by Crippen LogP contribution is 1.98. The minimum atomic E-state index is -0.305. The van der Waals surface area contributed by atoms with Crippen LogP contribution in [0.3, 0.4) is 0 Å². The van der Waals surface area contributed by atoms with E-state index in [0.717, 1.165) is 12.8 Å². The SMILES string of the molecule is CCCC(=O)OCCN(CCOC(=O)CCC)CCC(=O)OC. The molecule has 0 amide bonds. The second kappa shape index (κ2) is 14.0. The molecule has 0 heterocycles. The summed E-state index contributed by atoms with van der Waals surface area (Å²) in [4.78, 5) is 35.8. The Kier molecular flexibility index (Phi) is 13.0. The first-order valence-electron chi connectivity index (χ1n) is 8.13. The van der Waals surface area contributed by atoms with Gasteiger partial charge in [0.25, 0.3) is 0 Å². The molecule has 0 radical (unpaired) electrons. The van der Waals surface area contributed by atoms with E-state index in [1.54, 1.807) is 0 Å². The average molecular weight is 331 g/mol. The normalized spacial score (nSPS) is 10.4. The maximum Gasteiger partial charge on any atom is 0.306 e. The molecule has 23 heavy (non-hydrogen) atoms. The van der Waals surface area contributed by atoms with Gasteiger partial charge in [0.2, 0.25) is 0 Å². The Labute approximate surface area is 138 Å². The van der Waals surface area contributed by atoms with Gasteiger partial charge in [-0.05, 0) is 12.8 Å². The minimum Gasteiger partial charge on any atom is -0.469 e. The third-order valence-electron chi connectivity index (χ3n) is 3.11. The number of ether oxygens (including phenoxy) is 3. The van der Waals surface area contributed by atoms with Crippen LogP contribution in [0.4, 0.5) is 0 Å². The summed E-state index contributed by atoms with van der Waals surface area (Å²) in [5, 5.41) is 0. The molecule has 0 saturated carbocycles. The van der Waals surface area contributed by atoms with Gasteiger partial charge >= 0.3 is 17.9 Å². The van der Waals surface area contributed by atoms with E-state index >= 15 is 0 Å². The maximum absolute atomic E-state index is 11.3. The molecule has 0 bridgehead atoms. The van der Waals surface area contributed by atoms with E-state index in [1.165, 1.54) is 7.11 Å². The highest BCUT2D eigenvalue weighted by molar-refractivity contribution is 5.70. The van der Waals surface area contributed by atoms with Gasteiger partial charge in [0.05, 0.1) is 13.5 Å². The Morgan fingerprint density at radius 1 is 0.739 bits per heavy atom. The maximum atomic E-state index is 11.3. The number of hydrogen-bond acceptors (Lipinski definition) is 7. The highest BCUT2D eigenvalue weighted by atomic mass is 16.5. The smallest absolute Gasteiger partial charge is 0.306 e. The molecular weight excluding hydrogens is 302 g/mol. The van der Waals surface area contributed by atoms with Gasteiger partial charge in [-0.25, -0.2) is 0 Å². The zero-order valence-corrected chi connectivity index (χ0v) is 14.5. The van der Waals surface area contributed by atoms with Crippen LogP contribution in [0.15, 0.2) is 0 Å². The van der Waals surface area contributed by atoms with Crippen LogP contribution in [0.25, 0.3) is 0 Å². The van der Waals surface area contributed by atoms with Crippen LogP contribution in [0.2, 0.25) is 0 Å². The van der Waals surface area contributed by atoms with E-state index < -0.39 is 0 Å². The monoisotopic (exact) mass is 331 g/mol. The number of carbonyl (C=O) groups excluding carboxylic acids is 3. The second-order valence-electron chi connectivity index (χ2n) is 5.11. The number of methoxy groups -OCH3 is 1. The van der Waals surface area contributed by atoms with Gasteiger partial charge in [-0.2, -0.15) is 0 Å². The highest BCUT2D eigenvalue weighted by Gasteiger charge is 2.11. The fourth-order valence-corrected chi connectivity index (χ4v) is 1.82. The zero-order chi connectivity index (χ0) is 17.5. The first-order chi connectivity index (χ1) is 11.0. The molecule has 0 unspecified atom stereocenters. The molecule has 0 aromatic rings. The molecule has 0 rings (SSSR count). The van der Waals surface area contributed by atoms with Gasteiger partial charge in [0, 0.05) is 32.5 Å². The lowest BCUT2D eigenvalue weighted by Gasteiger charge is -2.21. The van der Waals surface area contributed by atoms with Crippen molar-refractivity contribution in [3.63, 3.8) is 0 Å². The Bertz CT molecular complexity index is 334. The zero-order valence-electron chi connectivity index (χ0n) is 14.5. The van der Waals surface area contributed by atoms with Gasteiger partial charge in [-0.1, -0.05) is 13.8 Å². The fraction of sp³-hybridized carbons (Fsp3) is 0.812. The van der Waals surface area contributed by atoms with Crippen molar-refractivity contribution in [3.05, 3.63) is 0 Å². The van der Waals surface area contributed by atoms with Crippen molar-refractivity contribution in [2.45, 2.75) is 46.0 Å². The van der Waals surface area contributed by atoms with Crippen molar-refractivity contribution in [3.8, 4) is 0 Å². The van der Waals surface area contributed by atoms with Gasteiger partial charge in [0.1, 0.15) is 13.2 Å². The lowest BCUT2D eigenvalue weighted by atomic mass is 10.3. The molecule has 0 aliphatic heterocycles. The van der Waals surface area contributed by atoms with Crippen LogP contribution in [0.1, 0.15) is 46.0 Å². The number of esters is 3. The first kappa shape index (κ1) is 21.4. The van der Waals surface area contributed by atoms with Crippen LogP contribution in [-0.2, 0) is 28.6 Å². The van der Waals surface area contributed by atoms with Crippen molar-refractivity contribution in [2.24, 2.45) is 0 Å². The van der Waals surface area contributed by atoms with E-state index in [9.17, 15) is 14.4 Å². The van der Waals surface area contributed by atoms with Gasteiger partial charge in [-0.15, -0.1) is 0 Å². The molecule has 134 valence electrons. The lowest BCUT2D eigenvalue weighted by Crippen LogP contribution is -2.34. The number of hydrogen-bond donors (Lipinski definition) is 0. The fourth-order valence-electron chi connectivity index (χ4n) is 1.82. The molecule has 0 fully saturated rings. The third kappa shape index (κ3) is 12.6. The van der Waals surface area contributed by atoms with Crippen molar-refractivity contribution >= 4 is 17.9 Å². The van der Waals surface area contributed by atoms with Crippen molar-refractivity contribution in [1.82, 2.24) is 4.90 Å². The van der Waals surface area contributed by atoms with Gasteiger partial charge < -0.3 is 14.2 Å². The molecule has 0 aromatic heterocycles. The molecule has 7 heteroatoms. The molecule has 0 N–H and O–H groups in total. The Balaban J connectivity index is 4.14. The first-order valence-corrected chi connectivity index (χ1v) is 8.13. The van der Waals surface area contributed by atoms with Crippen molar-refractivity contribution in [1.29, 1.82) is 0 Å². The summed E-state index contributed by atoms with van der Waals surface area (Å²) in [6.07, 6.45) is 2.53. The van der Waals surface area contributed by atoms with E-state index in [0.29, 0.717) is 32.5 Å². The Morgan fingerprint density at radius 3 is 1.61 bits per heavy atom. The molecule has 0 saturated heterocycles. The van der Waals surface area contributed by atoms with E-state index in [2.05, 4.69) is 4.74 Å². The quantitative estimate of drug-likeness (QED) is 0.374. The minimum absolute atomic E-state index is 0.227. The average Bonchev–Trinajstić information content (AvgIpc) is 2.52. The summed E-state index contributed by atoms with van der Waals surface area (Å²) in [7, 11) is 1.34. The second-order valence-corrected chi connectivity index (χ2v) is 5.11. The van der Waals surface area contributed by atoms with E-state index in [1.807, 2.05) is 18.7 Å². The summed E-state index contributed by atoms with van der Waals surface area (Å²) in [6, 6.07) is 0. The predicted molar refractivity (Wildman–Crippen MR) is 84.8 cm³/mol.